The van der Waals surface area contributed by atoms with Crippen molar-refractivity contribution in [2.75, 3.05) is 0 Å². The molecule has 0 aliphatic carbocycles. The first kappa shape index (κ1) is 13.5. The summed E-state index contributed by atoms with van der Waals surface area (Å²) in [7, 11) is 0. The maximum absolute atomic E-state index is 10.6. The maximum Gasteiger partial charge on any atom is 0.269 e. The zero-order valence-electron chi connectivity index (χ0n) is 10.9. The SMILES string of the molecule is Cc1ccc(/C=C(/C#N)c2ccc([N+](=O)[O-])cc2)cc1. The van der Waals surface area contributed by atoms with Crippen LogP contribution < -0.4 is 0 Å². The van der Waals surface area contributed by atoms with Crippen LogP contribution in [0.2, 0.25) is 0 Å². The second-order valence-corrected chi connectivity index (χ2v) is 4.38. The van der Waals surface area contributed by atoms with Gasteiger partial charge in [0, 0.05) is 12.1 Å². The van der Waals surface area contributed by atoms with Gasteiger partial charge < -0.3 is 0 Å². The summed E-state index contributed by atoms with van der Waals surface area (Å²) >= 11 is 0. The van der Waals surface area contributed by atoms with Gasteiger partial charge in [-0.3, -0.25) is 10.1 Å². The molecule has 4 nitrogen and oxygen atoms in total. The highest BCUT2D eigenvalue weighted by molar-refractivity contribution is 5.89. The molecule has 0 bridgehead atoms. The molecular weight excluding hydrogens is 252 g/mol. The first-order chi connectivity index (χ1) is 9.60. The minimum Gasteiger partial charge on any atom is -0.258 e. The molecule has 0 atom stereocenters. The number of aryl methyl sites for hydroxylation is 1. The van der Waals surface area contributed by atoms with E-state index in [9.17, 15) is 15.4 Å². The van der Waals surface area contributed by atoms with Gasteiger partial charge in [-0.1, -0.05) is 29.8 Å². The van der Waals surface area contributed by atoms with Crippen LogP contribution in [-0.4, -0.2) is 4.92 Å². The van der Waals surface area contributed by atoms with Crippen molar-refractivity contribution < 1.29 is 4.92 Å². The Kier molecular flexibility index (Phi) is 3.92. The van der Waals surface area contributed by atoms with E-state index < -0.39 is 4.92 Å². The van der Waals surface area contributed by atoms with Gasteiger partial charge in [0.1, 0.15) is 0 Å². The lowest BCUT2D eigenvalue weighted by molar-refractivity contribution is -0.384. The van der Waals surface area contributed by atoms with Crippen molar-refractivity contribution >= 4 is 17.3 Å². The highest BCUT2D eigenvalue weighted by atomic mass is 16.6. The van der Waals surface area contributed by atoms with E-state index in [0.717, 1.165) is 11.1 Å². The molecule has 20 heavy (non-hydrogen) atoms. The van der Waals surface area contributed by atoms with Gasteiger partial charge in [-0.25, -0.2) is 0 Å². The molecule has 0 unspecified atom stereocenters. The summed E-state index contributed by atoms with van der Waals surface area (Å²) in [5, 5.41) is 19.8. The normalized spacial score (nSPS) is 10.9. The summed E-state index contributed by atoms with van der Waals surface area (Å²) in [6.07, 6.45) is 1.76. The summed E-state index contributed by atoms with van der Waals surface area (Å²) in [6, 6.07) is 15.9. The molecule has 0 amide bonds. The third-order valence-corrected chi connectivity index (χ3v) is 2.90. The van der Waals surface area contributed by atoms with E-state index in [1.165, 1.54) is 12.1 Å². The summed E-state index contributed by atoms with van der Waals surface area (Å²) in [4.78, 5) is 10.1. The molecule has 4 heteroatoms. The second kappa shape index (κ2) is 5.81. The van der Waals surface area contributed by atoms with Crippen molar-refractivity contribution in [3.63, 3.8) is 0 Å². The van der Waals surface area contributed by atoms with E-state index in [-0.39, 0.29) is 5.69 Å². The first-order valence-corrected chi connectivity index (χ1v) is 6.03. The molecule has 2 rings (SSSR count). The molecule has 2 aromatic rings. The summed E-state index contributed by atoms with van der Waals surface area (Å²) in [6.45, 7) is 2.00. The van der Waals surface area contributed by atoms with Gasteiger partial charge in [-0.2, -0.15) is 5.26 Å². The minimum absolute atomic E-state index is 0.0152. The number of benzene rings is 2. The standard InChI is InChI=1S/C16H12N2O2/c1-12-2-4-13(5-3-12)10-15(11-17)14-6-8-16(9-7-14)18(19)20/h2-10H,1H3/b15-10-. The van der Waals surface area contributed by atoms with E-state index in [4.69, 9.17) is 0 Å². The second-order valence-electron chi connectivity index (χ2n) is 4.38. The van der Waals surface area contributed by atoms with E-state index in [1.54, 1.807) is 18.2 Å². The average molecular weight is 264 g/mol. The van der Waals surface area contributed by atoms with Crippen LogP contribution in [0.3, 0.4) is 0 Å². The lowest BCUT2D eigenvalue weighted by atomic mass is 10.0. The van der Waals surface area contributed by atoms with Crippen LogP contribution >= 0.6 is 0 Å². The van der Waals surface area contributed by atoms with Gasteiger partial charge in [-0.15, -0.1) is 0 Å². The fraction of sp³-hybridized carbons (Fsp3) is 0.0625. The molecular formula is C16H12N2O2. The average Bonchev–Trinajstić information content (AvgIpc) is 2.47. The summed E-state index contributed by atoms with van der Waals surface area (Å²) in [5.74, 6) is 0. The number of nitriles is 1. The lowest BCUT2D eigenvalue weighted by Gasteiger charge is -2.00. The lowest BCUT2D eigenvalue weighted by Crippen LogP contribution is -1.88. The van der Waals surface area contributed by atoms with Crippen molar-refractivity contribution in [1.29, 1.82) is 5.26 Å². The number of nitro benzene ring substituents is 1. The van der Waals surface area contributed by atoms with Crippen LogP contribution in [0.15, 0.2) is 48.5 Å². The van der Waals surface area contributed by atoms with Crippen LogP contribution in [0.1, 0.15) is 16.7 Å². The topological polar surface area (TPSA) is 66.9 Å². The van der Waals surface area contributed by atoms with Gasteiger partial charge in [-0.05, 0) is 36.3 Å². The van der Waals surface area contributed by atoms with Crippen molar-refractivity contribution in [2.24, 2.45) is 0 Å². The van der Waals surface area contributed by atoms with Crippen LogP contribution in [0.4, 0.5) is 5.69 Å². The third-order valence-electron chi connectivity index (χ3n) is 2.90. The Balaban J connectivity index is 2.35. The Morgan fingerprint density at radius 1 is 1.15 bits per heavy atom. The Labute approximate surface area is 116 Å². The Bertz CT molecular complexity index is 693. The van der Waals surface area contributed by atoms with Gasteiger partial charge >= 0.3 is 0 Å². The Morgan fingerprint density at radius 2 is 1.75 bits per heavy atom. The highest BCUT2D eigenvalue weighted by Crippen LogP contribution is 2.20. The van der Waals surface area contributed by atoms with Crippen LogP contribution in [0.5, 0.6) is 0 Å². The van der Waals surface area contributed by atoms with E-state index in [0.29, 0.717) is 11.1 Å². The number of non-ortho nitro benzene ring substituents is 1. The number of nitro groups is 1. The Morgan fingerprint density at radius 3 is 2.25 bits per heavy atom. The van der Waals surface area contributed by atoms with Crippen molar-refractivity contribution in [3.05, 3.63) is 75.3 Å². The largest absolute Gasteiger partial charge is 0.269 e. The molecule has 0 fully saturated rings. The van der Waals surface area contributed by atoms with E-state index >= 15 is 0 Å². The first-order valence-electron chi connectivity index (χ1n) is 6.03. The summed E-state index contributed by atoms with van der Waals surface area (Å²) in [5.41, 5.74) is 3.23. The molecule has 0 heterocycles. The van der Waals surface area contributed by atoms with Crippen molar-refractivity contribution in [2.45, 2.75) is 6.92 Å². The van der Waals surface area contributed by atoms with Gasteiger partial charge in [0.15, 0.2) is 0 Å². The molecule has 0 radical (unpaired) electrons. The number of allylic oxidation sites excluding steroid dienone is 1. The molecule has 0 aliphatic heterocycles. The monoisotopic (exact) mass is 264 g/mol. The predicted octanol–water partition coefficient (Wildman–Crippen LogP) is 3.97. The van der Waals surface area contributed by atoms with E-state index in [1.807, 2.05) is 31.2 Å². The number of hydrogen-bond donors (Lipinski definition) is 0. The van der Waals surface area contributed by atoms with E-state index in [2.05, 4.69) is 6.07 Å². The highest BCUT2D eigenvalue weighted by Gasteiger charge is 2.06. The maximum atomic E-state index is 10.6. The fourth-order valence-electron chi connectivity index (χ4n) is 1.77. The zero-order chi connectivity index (χ0) is 14.5. The van der Waals surface area contributed by atoms with Crippen LogP contribution in [0, 0.1) is 28.4 Å². The van der Waals surface area contributed by atoms with Gasteiger partial charge in [0.2, 0.25) is 0 Å². The molecule has 0 saturated carbocycles. The predicted molar refractivity (Wildman–Crippen MR) is 77.8 cm³/mol. The zero-order valence-corrected chi connectivity index (χ0v) is 10.9. The molecule has 0 aromatic heterocycles. The molecule has 98 valence electrons. The number of nitrogens with zero attached hydrogens (tertiary/aromatic N) is 2. The van der Waals surface area contributed by atoms with Crippen LogP contribution in [0.25, 0.3) is 11.6 Å². The molecule has 0 saturated heterocycles. The molecule has 0 spiro atoms. The molecule has 2 aromatic carbocycles. The number of hydrogen-bond acceptors (Lipinski definition) is 3. The molecule has 0 aliphatic rings. The molecule has 0 N–H and O–H groups in total. The quantitative estimate of drug-likeness (QED) is 0.364. The smallest absolute Gasteiger partial charge is 0.258 e. The van der Waals surface area contributed by atoms with Crippen molar-refractivity contribution in [1.82, 2.24) is 0 Å². The van der Waals surface area contributed by atoms with Gasteiger partial charge in [0.05, 0.1) is 16.6 Å². The van der Waals surface area contributed by atoms with Gasteiger partial charge in [0.25, 0.3) is 5.69 Å². The Hall–Kier alpha value is -2.93. The van der Waals surface area contributed by atoms with Crippen LogP contribution in [-0.2, 0) is 0 Å². The third kappa shape index (κ3) is 3.09. The minimum atomic E-state index is -0.459. The number of rotatable bonds is 3. The summed E-state index contributed by atoms with van der Waals surface area (Å²) < 4.78 is 0. The van der Waals surface area contributed by atoms with Crippen molar-refractivity contribution in [3.8, 4) is 6.07 Å². The fourth-order valence-corrected chi connectivity index (χ4v) is 1.77.